The van der Waals surface area contributed by atoms with Crippen LogP contribution < -0.4 is 5.32 Å². The Balaban J connectivity index is 2.05. The van der Waals surface area contributed by atoms with E-state index in [0.29, 0.717) is 0 Å². The predicted octanol–water partition coefficient (Wildman–Crippen LogP) is 0.359. The first kappa shape index (κ1) is 11.9. The number of aliphatic hydroxyl groups excluding tert-OH is 1. The van der Waals surface area contributed by atoms with Crippen molar-refractivity contribution in [3.05, 3.63) is 0 Å². The summed E-state index contributed by atoms with van der Waals surface area (Å²) in [5.74, 6) is 0.255. The van der Waals surface area contributed by atoms with E-state index in [-0.39, 0.29) is 24.0 Å². The van der Waals surface area contributed by atoms with Gasteiger partial charge in [-0.25, -0.2) is 0 Å². The molecule has 1 amide bonds. The maximum absolute atomic E-state index is 12.5. The van der Waals surface area contributed by atoms with Crippen LogP contribution in [0.2, 0.25) is 0 Å². The average Bonchev–Trinajstić information content (AvgIpc) is 2.77. The van der Waals surface area contributed by atoms with Crippen molar-refractivity contribution >= 4 is 5.91 Å². The van der Waals surface area contributed by atoms with Crippen LogP contribution in [0.25, 0.3) is 0 Å². The van der Waals surface area contributed by atoms with Gasteiger partial charge in [0.1, 0.15) is 0 Å². The van der Waals surface area contributed by atoms with E-state index in [1.165, 1.54) is 0 Å². The molecule has 4 nitrogen and oxygen atoms in total. The molecule has 0 saturated carbocycles. The summed E-state index contributed by atoms with van der Waals surface area (Å²) < 4.78 is 0. The fourth-order valence-corrected chi connectivity index (χ4v) is 2.83. The molecule has 0 spiro atoms. The summed E-state index contributed by atoms with van der Waals surface area (Å²) in [5.41, 5.74) is -0.205. The minimum atomic E-state index is -0.205. The highest BCUT2D eigenvalue weighted by Crippen LogP contribution is 2.33. The molecule has 0 bridgehead atoms. The fraction of sp³-hybridized carbons (Fsp3) is 0.917. The quantitative estimate of drug-likeness (QED) is 0.715. The molecule has 1 unspecified atom stereocenters. The molecule has 2 saturated heterocycles. The largest absolute Gasteiger partial charge is 0.394 e. The second kappa shape index (κ2) is 4.72. The average molecular weight is 226 g/mol. The molecule has 0 aliphatic carbocycles. The molecular formula is C12H22N2O2. The van der Waals surface area contributed by atoms with E-state index < -0.39 is 0 Å². The van der Waals surface area contributed by atoms with Crippen LogP contribution >= 0.6 is 0 Å². The Morgan fingerprint density at radius 2 is 2.19 bits per heavy atom. The van der Waals surface area contributed by atoms with Gasteiger partial charge in [-0.15, -0.1) is 0 Å². The molecule has 4 heteroatoms. The first-order valence-electron chi connectivity index (χ1n) is 6.30. The normalized spacial score (nSPS) is 29.4. The zero-order chi connectivity index (χ0) is 11.6. The molecule has 0 aromatic rings. The van der Waals surface area contributed by atoms with E-state index in [4.69, 9.17) is 0 Å². The molecule has 1 atom stereocenters. The third-order valence-electron chi connectivity index (χ3n) is 4.07. The van der Waals surface area contributed by atoms with E-state index in [1.54, 1.807) is 0 Å². The van der Waals surface area contributed by atoms with Crippen molar-refractivity contribution in [2.45, 2.75) is 38.6 Å². The summed E-state index contributed by atoms with van der Waals surface area (Å²) in [6, 6.07) is 0.0687. The first-order chi connectivity index (χ1) is 7.67. The summed E-state index contributed by atoms with van der Waals surface area (Å²) in [5, 5.41) is 12.6. The van der Waals surface area contributed by atoms with Crippen molar-refractivity contribution in [1.82, 2.24) is 10.2 Å². The number of hydrogen-bond acceptors (Lipinski definition) is 3. The zero-order valence-electron chi connectivity index (χ0n) is 10.0. The number of aliphatic hydroxyl groups is 1. The second-order valence-corrected chi connectivity index (χ2v) is 5.29. The van der Waals surface area contributed by atoms with Gasteiger partial charge < -0.3 is 15.3 Å². The monoisotopic (exact) mass is 226 g/mol. The lowest BCUT2D eigenvalue weighted by Crippen LogP contribution is -2.49. The Hall–Kier alpha value is -0.610. The highest BCUT2D eigenvalue weighted by atomic mass is 16.3. The smallest absolute Gasteiger partial charge is 0.228 e. The van der Waals surface area contributed by atoms with Gasteiger partial charge in [-0.2, -0.15) is 0 Å². The Morgan fingerprint density at radius 1 is 1.50 bits per heavy atom. The topological polar surface area (TPSA) is 52.6 Å². The number of carbonyl (C=O) groups is 1. The molecule has 16 heavy (non-hydrogen) atoms. The number of rotatable bonds is 2. The highest BCUT2D eigenvalue weighted by molar-refractivity contribution is 5.83. The van der Waals surface area contributed by atoms with Gasteiger partial charge >= 0.3 is 0 Å². The van der Waals surface area contributed by atoms with Crippen molar-refractivity contribution in [3.8, 4) is 0 Å². The minimum Gasteiger partial charge on any atom is -0.394 e. The van der Waals surface area contributed by atoms with E-state index in [9.17, 15) is 9.90 Å². The van der Waals surface area contributed by atoms with Gasteiger partial charge in [0.2, 0.25) is 5.91 Å². The Morgan fingerprint density at radius 3 is 2.81 bits per heavy atom. The molecule has 92 valence electrons. The predicted molar refractivity (Wildman–Crippen MR) is 62.0 cm³/mol. The number of nitrogens with one attached hydrogen (secondary N) is 1. The van der Waals surface area contributed by atoms with Crippen LogP contribution in [0.4, 0.5) is 0 Å². The van der Waals surface area contributed by atoms with Crippen molar-refractivity contribution in [1.29, 1.82) is 0 Å². The van der Waals surface area contributed by atoms with Gasteiger partial charge in [-0.3, -0.25) is 4.79 Å². The summed E-state index contributed by atoms with van der Waals surface area (Å²) in [7, 11) is 0. The molecular weight excluding hydrogens is 204 g/mol. The van der Waals surface area contributed by atoms with Gasteiger partial charge in [-0.05, 0) is 38.8 Å². The molecule has 2 rings (SSSR count). The molecule has 2 aliphatic rings. The standard InChI is InChI=1S/C12H22N2O2/c1-12(4-6-13-7-5-12)11(16)14-8-2-3-10(14)9-15/h10,13,15H,2-9H2,1H3. The molecule has 2 heterocycles. The van der Waals surface area contributed by atoms with Gasteiger partial charge in [0.15, 0.2) is 0 Å². The molecule has 2 aliphatic heterocycles. The van der Waals surface area contributed by atoms with E-state index in [1.807, 2.05) is 4.90 Å². The summed E-state index contributed by atoms with van der Waals surface area (Å²) in [6.07, 6.45) is 3.82. The second-order valence-electron chi connectivity index (χ2n) is 5.29. The molecule has 0 aromatic carbocycles. The SMILES string of the molecule is CC1(C(=O)N2CCCC2CO)CCNCC1. The van der Waals surface area contributed by atoms with Crippen molar-refractivity contribution < 1.29 is 9.90 Å². The number of likely N-dealkylation sites (tertiary alicyclic amines) is 1. The Kier molecular flexibility index (Phi) is 3.50. The maximum Gasteiger partial charge on any atom is 0.228 e. The van der Waals surface area contributed by atoms with Crippen LogP contribution in [0, 0.1) is 5.41 Å². The third kappa shape index (κ3) is 2.09. The lowest BCUT2D eigenvalue weighted by atomic mass is 9.79. The lowest BCUT2D eigenvalue weighted by molar-refractivity contribution is -0.144. The molecule has 0 aromatic heterocycles. The highest BCUT2D eigenvalue weighted by Gasteiger charge is 2.41. The van der Waals surface area contributed by atoms with Crippen LogP contribution in [-0.4, -0.2) is 48.2 Å². The zero-order valence-corrected chi connectivity index (χ0v) is 10.0. The summed E-state index contributed by atoms with van der Waals surface area (Å²) in [6.45, 7) is 4.87. The van der Waals surface area contributed by atoms with Crippen molar-refractivity contribution in [2.75, 3.05) is 26.2 Å². The number of nitrogens with zero attached hydrogens (tertiary/aromatic N) is 1. The van der Waals surface area contributed by atoms with Crippen LogP contribution in [0.15, 0.2) is 0 Å². The van der Waals surface area contributed by atoms with E-state index >= 15 is 0 Å². The van der Waals surface area contributed by atoms with Crippen LogP contribution in [0.5, 0.6) is 0 Å². The minimum absolute atomic E-state index is 0.0687. The van der Waals surface area contributed by atoms with E-state index in [0.717, 1.165) is 45.3 Å². The first-order valence-corrected chi connectivity index (χ1v) is 6.30. The molecule has 0 radical (unpaired) electrons. The molecule has 2 N–H and O–H groups in total. The Bertz CT molecular complexity index is 262. The fourth-order valence-electron chi connectivity index (χ4n) is 2.83. The van der Waals surface area contributed by atoms with Crippen LogP contribution in [0.1, 0.15) is 32.6 Å². The lowest BCUT2D eigenvalue weighted by Gasteiger charge is -2.37. The summed E-state index contributed by atoms with van der Waals surface area (Å²) >= 11 is 0. The number of carbonyl (C=O) groups excluding carboxylic acids is 1. The Labute approximate surface area is 97.0 Å². The van der Waals surface area contributed by atoms with Gasteiger partial charge in [0.05, 0.1) is 12.6 Å². The summed E-state index contributed by atoms with van der Waals surface area (Å²) in [4.78, 5) is 14.4. The van der Waals surface area contributed by atoms with Gasteiger partial charge in [0, 0.05) is 12.0 Å². The van der Waals surface area contributed by atoms with Crippen LogP contribution in [-0.2, 0) is 4.79 Å². The van der Waals surface area contributed by atoms with Crippen LogP contribution in [0.3, 0.4) is 0 Å². The molecule has 2 fully saturated rings. The number of amides is 1. The third-order valence-corrected chi connectivity index (χ3v) is 4.07. The maximum atomic E-state index is 12.5. The van der Waals surface area contributed by atoms with Crippen molar-refractivity contribution in [2.24, 2.45) is 5.41 Å². The van der Waals surface area contributed by atoms with Gasteiger partial charge in [-0.1, -0.05) is 6.92 Å². The van der Waals surface area contributed by atoms with E-state index in [2.05, 4.69) is 12.2 Å². The van der Waals surface area contributed by atoms with Gasteiger partial charge in [0.25, 0.3) is 0 Å². The number of piperidine rings is 1. The number of hydrogen-bond donors (Lipinski definition) is 2. The van der Waals surface area contributed by atoms with Crippen molar-refractivity contribution in [3.63, 3.8) is 0 Å².